The summed E-state index contributed by atoms with van der Waals surface area (Å²) in [6.07, 6.45) is 2.88. The molecule has 0 unspecified atom stereocenters. The summed E-state index contributed by atoms with van der Waals surface area (Å²) in [5, 5.41) is 2.00. The Morgan fingerprint density at radius 2 is 2.67 bits per heavy atom. The van der Waals surface area contributed by atoms with Crippen LogP contribution >= 0.6 is 32.4 Å². The van der Waals surface area contributed by atoms with Gasteiger partial charge in [0.15, 0.2) is 10.3 Å². The second kappa shape index (κ2) is 3.29. The topological polar surface area (TPSA) is 17.1 Å². The van der Waals surface area contributed by atoms with Crippen molar-refractivity contribution >= 4 is 38.7 Å². The summed E-state index contributed by atoms with van der Waals surface area (Å²) in [4.78, 5) is 12.2. The van der Waals surface area contributed by atoms with Gasteiger partial charge in [0.2, 0.25) is 6.29 Å². The van der Waals surface area contributed by atoms with E-state index in [1.807, 2.05) is 11.6 Å². The molecule has 9 heavy (non-hydrogen) atoms. The van der Waals surface area contributed by atoms with Gasteiger partial charge in [-0.1, -0.05) is 0 Å². The van der Waals surface area contributed by atoms with Gasteiger partial charge in [-0.3, -0.25) is 4.79 Å². The van der Waals surface area contributed by atoms with Gasteiger partial charge in [0.25, 0.3) is 0 Å². The molecule has 1 rings (SSSR count). The minimum atomic E-state index is 0.854. The van der Waals surface area contributed by atoms with Crippen molar-refractivity contribution in [3.8, 4) is 0 Å². The molecule has 0 aliphatic rings. The van der Waals surface area contributed by atoms with Crippen LogP contribution < -0.4 is 0 Å². The smallest absolute Gasteiger partial charge is 0.292 e. The van der Waals surface area contributed by atoms with Crippen LogP contribution in [0.1, 0.15) is 9.67 Å². The van der Waals surface area contributed by atoms with Crippen molar-refractivity contribution in [1.82, 2.24) is 0 Å². The van der Waals surface area contributed by atoms with Crippen LogP contribution in [0.25, 0.3) is 0 Å². The molecule has 0 aliphatic carbocycles. The van der Waals surface area contributed by atoms with Crippen molar-refractivity contribution in [2.45, 2.75) is 4.90 Å². The molecule has 0 amide bonds. The Kier molecular flexibility index (Phi) is 2.63. The SMILES string of the molecule is CSc1cs[s+]c1C=O. The summed E-state index contributed by atoms with van der Waals surface area (Å²) in [6.45, 7) is 0. The van der Waals surface area contributed by atoms with Crippen LogP contribution in [0.15, 0.2) is 10.3 Å². The van der Waals surface area contributed by atoms with E-state index in [2.05, 4.69) is 0 Å². The zero-order valence-electron chi connectivity index (χ0n) is 4.79. The number of thioether (sulfide) groups is 1. The van der Waals surface area contributed by atoms with E-state index < -0.39 is 0 Å². The average molecular weight is 177 g/mol. The van der Waals surface area contributed by atoms with Crippen LogP contribution in [0.3, 0.4) is 0 Å². The zero-order chi connectivity index (χ0) is 6.69. The molecule has 0 spiro atoms. The summed E-state index contributed by atoms with van der Waals surface area (Å²) in [5.74, 6) is 0. The van der Waals surface area contributed by atoms with Crippen molar-refractivity contribution < 1.29 is 4.79 Å². The maximum absolute atomic E-state index is 10.3. The number of hydrogen-bond donors (Lipinski definition) is 0. The van der Waals surface area contributed by atoms with Crippen molar-refractivity contribution in [3.63, 3.8) is 0 Å². The van der Waals surface area contributed by atoms with E-state index in [-0.39, 0.29) is 0 Å². The molecule has 4 heteroatoms. The molecule has 1 heterocycles. The largest absolute Gasteiger partial charge is 0.304 e. The predicted molar refractivity (Wildman–Crippen MR) is 43.8 cm³/mol. The molecular formula is C5H5OS3+. The summed E-state index contributed by atoms with van der Waals surface area (Å²) in [6, 6.07) is 0. The van der Waals surface area contributed by atoms with E-state index in [4.69, 9.17) is 0 Å². The molecular weight excluding hydrogens is 172 g/mol. The Bertz CT molecular complexity index is 206. The molecule has 48 valence electrons. The van der Waals surface area contributed by atoms with Crippen molar-refractivity contribution in [3.05, 3.63) is 10.3 Å². The zero-order valence-corrected chi connectivity index (χ0v) is 7.24. The molecule has 1 nitrogen and oxygen atoms in total. The van der Waals surface area contributed by atoms with Gasteiger partial charge >= 0.3 is 15.2 Å². The second-order valence-electron chi connectivity index (χ2n) is 1.35. The van der Waals surface area contributed by atoms with E-state index in [1.54, 1.807) is 22.1 Å². The van der Waals surface area contributed by atoms with Crippen molar-refractivity contribution in [2.75, 3.05) is 6.26 Å². The van der Waals surface area contributed by atoms with Gasteiger partial charge in [-0.15, -0.1) is 11.8 Å². The van der Waals surface area contributed by atoms with Gasteiger partial charge in [-0.2, -0.15) is 0 Å². The lowest BCUT2D eigenvalue weighted by atomic mass is 10.5. The normalized spacial score (nSPS) is 9.44. The Labute approximate surface area is 65.1 Å². The lowest BCUT2D eigenvalue weighted by molar-refractivity contribution is 0.112. The fourth-order valence-electron chi connectivity index (χ4n) is 0.445. The molecule has 0 saturated heterocycles. The van der Waals surface area contributed by atoms with Gasteiger partial charge in [0.1, 0.15) is 0 Å². The number of carbonyl (C=O) groups excluding carboxylic acids is 1. The Hall–Kier alpha value is 0.0700. The maximum atomic E-state index is 10.3. The van der Waals surface area contributed by atoms with E-state index in [0.717, 1.165) is 16.1 Å². The van der Waals surface area contributed by atoms with Gasteiger partial charge in [-0.25, -0.2) is 0 Å². The number of hydrogen-bond acceptors (Lipinski definition) is 3. The van der Waals surface area contributed by atoms with Crippen LogP contribution in [-0.2, 0) is 0 Å². The molecule has 0 saturated carbocycles. The molecule has 1 aromatic rings. The van der Waals surface area contributed by atoms with Crippen LogP contribution in [0.2, 0.25) is 0 Å². The first-order chi connectivity index (χ1) is 4.38. The summed E-state index contributed by atoms with van der Waals surface area (Å²) >= 11 is 1.62. The lowest BCUT2D eigenvalue weighted by Gasteiger charge is -1.78. The molecule has 0 aliphatic heterocycles. The predicted octanol–water partition coefficient (Wildman–Crippen LogP) is 2.63. The van der Waals surface area contributed by atoms with Crippen molar-refractivity contribution in [1.29, 1.82) is 0 Å². The number of aldehydes is 1. The minimum absolute atomic E-state index is 0.854. The molecule has 0 aromatic carbocycles. The molecule has 1 aromatic heterocycles. The van der Waals surface area contributed by atoms with Crippen LogP contribution in [0, 0.1) is 0 Å². The quantitative estimate of drug-likeness (QED) is 0.299. The third kappa shape index (κ3) is 1.50. The van der Waals surface area contributed by atoms with Crippen LogP contribution in [0.5, 0.6) is 0 Å². The second-order valence-corrected chi connectivity index (χ2v) is 4.31. The highest BCUT2D eigenvalue weighted by Crippen LogP contribution is 2.27. The number of rotatable bonds is 2. The monoisotopic (exact) mass is 177 g/mol. The van der Waals surface area contributed by atoms with Gasteiger partial charge in [0, 0.05) is 0 Å². The van der Waals surface area contributed by atoms with Gasteiger partial charge in [0.05, 0.1) is 10.3 Å². The summed E-state index contributed by atoms with van der Waals surface area (Å²) in [7, 11) is 3.13. The highest BCUT2D eigenvalue weighted by Gasteiger charge is 2.13. The maximum Gasteiger partial charge on any atom is 0.304 e. The Balaban J connectivity index is 2.98. The van der Waals surface area contributed by atoms with E-state index >= 15 is 0 Å². The van der Waals surface area contributed by atoms with Gasteiger partial charge in [-0.05, 0) is 6.26 Å². The third-order valence-corrected chi connectivity index (χ3v) is 3.96. The van der Waals surface area contributed by atoms with Crippen LogP contribution in [-0.4, -0.2) is 12.5 Å². The Morgan fingerprint density at radius 1 is 1.89 bits per heavy atom. The first-order valence-electron chi connectivity index (χ1n) is 2.28. The highest BCUT2D eigenvalue weighted by molar-refractivity contribution is 7.99. The van der Waals surface area contributed by atoms with Gasteiger partial charge < -0.3 is 0 Å². The van der Waals surface area contributed by atoms with E-state index in [1.165, 1.54) is 10.3 Å². The minimum Gasteiger partial charge on any atom is -0.292 e. The third-order valence-electron chi connectivity index (χ3n) is 0.863. The highest BCUT2D eigenvalue weighted by atomic mass is 32.9. The fraction of sp³-hybridized carbons (Fsp3) is 0.200. The molecule has 0 N–H and O–H groups in total. The lowest BCUT2D eigenvalue weighted by Crippen LogP contribution is -1.71. The van der Waals surface area contributed by atoms with E-state index in [0.29, 0.717) is 0 Å². The molecule has 0 fully saturated rings. The molecule has 0 atom stereocenters. The van der Waals surface area contributed by atoms with Crippen LogP contribution in [0.4, 0.5) is 0 Å². The molecule has 0 radical (unpaired) electrons. The first kappa shape index (κ1) is 7.18. The van der Waals surface area contributed by atoms with Crippen molar-refractivity contribution in [2.24, 2.45) is 0 Å². The number of carbonyl (C=O) groups is 1. The summed E-state index contributed by atoms with van der Waals surface area (Å²) < 4.78 is 0. The average Bonchev–Trinajstić information content (AvgIpc) is 2.33. The summed E-state index contributed by atoms with van der Waals surface area (Å²) in [5.41, 5.74) is 0. The fourth-order valence-corrected chi connectivity index (χ4v) is 3.69. The Morgan fingerprint density at radius 3 is 3.11 bits per heavy atom. The standard InChI is InChI=1S/C5H5OS3/c1-7-5-3-8-9-4(5)2-6/h2-3H,1H3/q+1. The van der Waals surface area contributed by atoms with E-state index in [9.17, 15) is 4.79 Å². The molecule has 0 bridgehead atoms. The first-order valence-corrected chi connectivity index (χ1v) is 5.72.